The third-order valence-electron chi connectivity index (χ3n) is 3.07. The Hall–Kier alpha value is -0.960. The molecule has 0 aliphatic carbocycles. The third kappa shape index (κ3) is 2.02. The minimum absolute atomic E-state index is 0.0544. The molecule has 0 spiro atoms. The molecule has 0 fully saturated rings. The van der Waals surface area contributed by atoms with E-state index in [1.807, 2.05) is 20.8 Å². The number of hydrogen-bond acceptors (Lipinski definition) is 1. The lowest BCUT2D eigenvalue weighted by Crippen LogP contribution is -2.42. The predicted molar refractivity (Wildman–Crippen MR) is 57.4 cm³/mol. The minimum atomic E-state index is -0.837. The smallest absolute Gasteiger partial charge is 0.163 e. The molecule has 0 radical (unpaired) electrons. The van der Waals surface area contributed by atoms with Gasteiger partial charge in [-0.1, -0.05) is 32.9 Å². The van der Waals surface area contributed by atoms with Crippen molar-refractivity contribution in [3.05, 3.63) is 35.4 Å². The van der Waals surface area contributed by atoms with E-state index in [1.165, 1.54) is 6.07 Å². The summed E-state index contributed by atoms with van der Waals surface area (Å²) in [5, 5.41) is 0. The van der Waals surface area contributed by atoms with Crippen molar-refractivity contribution < 1.29 is 8.78 Å². The van der Waals surface area contributed by atoms with Crippen molar-refractivity contribution in [1.82, 2.24) is 0 Å². The van der Waals surface area contributed by atoms with Crippen molar-refractivity contribution in [2.45, 2.75) is 32.7 Å². The third-order valence-corrected chi connectivity index (χ3v) is 3.07. The van der Waals surface area contributed by atoms with Crippen LogP contribution < -0.4 is 5.73 Å². The Balaban J connectivity index is 3.30. The van der Waals surface area contributed by atoms with E-state index in [0.717, 1.165) is 6.07 Å². The maximum Gasteiger partial charge on any atom is 0.163 e. The standard InChI is InChI=1S/C12H17F2N/c1-4-12(15,8(2)3)9-6-5-7-10(13)11(9)14/h5-8H,4,15H2,1-3H3. The molecule has 1 atom stereocenters. The predicted octanol–water partition coefficient (Wildman–Crippen LogP) is 3.18. The molecule has 0 heterocycles. The van der Waals surface area contributed by atoms with Crippen LogP contribution >= 0.6 is 0 Å². The van der Waals surface area contributed by atoms with E-state index in [1.54, 1.807) is 6.07 Å². The highest BCUT2D eigenvalue weighted by Gasteiger charge is 2.32. The molecule has 0 aliphatic heterocycles. The lowest BCUT2D eigenvalue weighted by atomic mass is 9.78. The van der Waals surface area contributed by atoms with E-state index >= 15 is 0 Å². The van der Waals surface area contributed by atoms with Crippen molar-refractivity contribution in [2.24, 2.45) is 11.7 Å². The molecule has 0 aromatic heterocycles. The van der Waals surface area contributed by atoms with E-state index in [2.05, 4.69) is 0 Å². The summed E-state index contributed by atoms with van der Waals surface area (Å²) < 4.78 is 26.7. The topological polar surface area (TPSA) is 26.0 Å². The van der Waals surface area contributed by atoms with Crippen LogP contribution in [0.5, 0.6) is 0 Å². The van der Waals surface area contributed by atoms with Gasteiger partial charge in [0.05, 0.1) is 0 Å². The van der Waals surface area contributed by atoms with Crippen LogP contribution in [0.2, 0.25) is 0 Å². The summed E-state index contributed by atoms with van der Waals surface area (Å²) in [6.45, 7) is 5.70. The van der Waals surface area contributed by atoms with Gasteiger partial charge in [-0.25, -0.2) is 8.78 Å². The molecule has 0 bridgehead atoms. The van der Waals surface area contributed by atoms with Gasteiger partial charge >= 0.3 is 0 Å². The maximum atomic E-state index is 13.6. The van der Waals surface area contributed by atoms with Crippen molar-refractivity contribution in [3.8, 4) is 0 Å². The van der Waals surface area contributed by atoms with E-state index in [9.17, 15) is 8.78 Å². The zero-order chi connectivity index (χ0) is 11.6. The second-order valence-corrected chi connectivity index (χ2v) is 4.15. The quantitative estimate of drug-likeness (QED) is 0.819. The fourth-order valence-corrected chi connectivity index (χ4v) is 1.77. The van der Waals surface area contributed by atoms with Gasteiger partial charge in [-0.3, -0.25) is 0 Å². The monoisotopic (exact) mass is 213 g/mol. The van der Waals surface area contributed by atoms with Gasteiger partial charge in [0.15, 0.2) is 11.6 Å². The van der Waals surface area contributed by atoms with Crippen molar-refractivity contribution in [2.75, 3.05) is 0 Å². The Morgan fingerprint density at radius 2 is 1.93 bits per heavy atom. The normalized spacial score (nSPS) is 15.4. The molecule has 0 saturated carbocycles. The molecule has 0 amide bonds. The highest BCUT2D eigenvalue weighted by Crippen LogP contribution is 2.32. The summed E-state index contributed by atoms with van der Waals surface area (Å²) in [7, 11) is 0. The van der Waals surface area contributed by atoms with E-state index in [-0.39, 0.29) is 11.5 Å². The molecule has 1 nitrogen and oxygen atoms in total. The first-order valence-corrected chi connectivity index (χ1v) is 5.16. The average Bonchev–Trinajstić information content (AvgIpc) is 2.20. The highest BCUT2D eigenvalue weighted by molar-refractivity contribution is 5.27. The number of nitrogens with two attached hydrogens (primary N) is 1. The highest BCUT2D eigenvalue weighted by atomic mass is 19.2. The van der Waals surface area contributed by atoms with Crippen LogP contribution in [0.4, 0.5) is 8.78 Å². The zero-order valence-electron chi connectivity index (χ0n) is 9.35. The molecule has 0 aliphatic rings. The van der Waals surface area contributed by atoms with Crippen LogP contribution in [0.3, 0.4) is 0 Å². The summed E-state index contributed by atoms with van der Waals surface area (Å²) in [5.41, 5.74) is 5.59. The van der Waals surface area contributed by atoms with Crippen LogP contribution in [0, 0.1) is 17.6 Å². The van der Waals surface area contributed by atoms with Gasteiger partial charge in [0.25, 0.3) is 0 Å². The SMILES string of the molecule is CCC(N)(c1cccc(F)c1F)C(C)C. The molecular weight excluding hydrogens is 196 g/mol. The van der Waals surface area contributed by atoms with Crippen LogP contribution in [-0.2, 0) is 5.54 Å². The number of halogens is 2. The first-order valence-electron chi connectivity index (χ1n) is 5.16. The van der Waals surface area contributed by atoms with Gasteiger partial charge in [0, 0.05) is 11.1 Å². The Morgan fingerprint density at radius 3 is 2.40 bits per heavy atom. The summed E-state index contributed by atoms with van der Waals surface area (Å²) >= 11 is 0. The molecule has 1 aromatic carbocycles. The van der Waals surface area contributed by atoms with Gasteiger partial charge in [0.1, 0.15) is 0 Å². The van der Waals surface area contributed by atoms with Crippen LogP contribution in [-0.4, -0.2) is 0 Å². The van der Waals surface area contributed by atoms with Gasteiger partial charge in [-0.2, -0.15) is 0 Å². The summed E-state index contributed by atoms with van der Waals surface area (Å²) in [6.07, 6.45) is 0.574. The maximum absolute atomic E-state index is 13.6. The van der Waals surface area contributed by atoms with E-state index in [0.29, 0.717) is 6.42 Å². The lowest BCUT2D eigenvalue weighted by molar-refractivity contribution is 0.290. The van der Waals surface area contributed by atoms with Crippen molar-refractivity contribution >= 4 is 0 Å². The molecule has 15 heavy (non-hydrogen) atoms. The Morgan fingerprint density at radius 1 is 1.33 bits per heavy atom. The number of hydrogen-bond donors (Lipinski definition) is 1. The molecule has 3 heteroatoms. The first kappa shape index (κ1) is 12.1. The lowest BCUT2D eigenvalue weighted by Gasteiger charge is -2.33. The Kier molecular flexibility index (Phi) is 3.45. The number of rotatable bonds is 3. The Labute approximate surface area is 89.3 Å². The van der Waals surface area contributed by atoms with Gasteiger partial charge < -0.3 is 5.73 Å². The minimum Gasteiger partial charge on any atom is -0.321 e. The summed E-state index contributed by atoms with van der Waals surface area (Å²) in [5.74, 6) is -1.61. The van der Waals surface area contributed by atoms with Gasteiger partial charge in [-0.15, -0.1) is 0 Å². The molecule has 1 aromatic rings. The average molecular weight is 213 g/mol. The van der Waals surface area contributed by atoms with Crippen molar-refractivity contribution in [3.63, 3.8) is 0 Å². The van der Waals surface area contributed by atoms with Crippen LogP contribution in [0.15, 0.2) is 18.2 Å². The number of benzene rings is 1. The van der Waals surface area contributed by atoms with E-state index < -0.39 is 17.2 Å². The molecule has 0 saturated heterocycles. The van der Waals surface area contributed by atoms with Crippen molar-refractivity contribution in [1.29, 1.82) is 0 Å². The largest absolute Gasteiger partial charge is 0.321 e. The van der Waals surface area contributed by atoms with Gasteiger partial charge in [0.2, 0.25) is 0 Å². The second-order valence-electron chi connectivity index (χ2n) is 4.15. The van der Waals surface area contributed by atoms with Gasteiger partial charge in [-0.05, 0) is 18.4 Å². The summed E-state index contributed by atoms with van der Waals surface area (Å²) in [4.78, 5) is 0. The second kappa shape index (κ2) is 4.27. The van der Waals surface area contributed by atoms with E-state index in [4.69, 9.17) is 5.73 Å². The van der Waals surface area contributed by atoms with Crippen LogP contribution in [0.25, 0.3) is 0 Å². The molecule has 1 unspecified atom stereocenters. The first-order chi connectivity index (χ1) is 6.93. The fourth-order valence-electron chi connectivity index (χ4n) is 1.77. The molecule has 84 valence electrons. The summed E-state index contributed by atoms with van der Waals surface area (Å²) in [6, 6.07) is 4.16. The Bertz CT molecular complexity index is 349. The molecule has 2 N–H and O–H groups in total. The zero-order valence-corrected chi connectivity index (χ0v) is 9.35. The van der Waals surface area contributed by atoms with Crippen LogP contribution in [0.1, 0.15) is 32.8 Å². The fraction of sp³-hybridized carbons (Fsp3) is 0.500. The molecule has 1 rings (SSSR count). The molecular formula is C12H17F2N.